The Bertz CT molecular complexity index is 559. The second-order valence-corrected chi connectivity index (χ2v) is 4.27. The van der Waals surface area contributed by atoms with E-state index in [1.807, 2.05) is 54.8 Å². The Morgan fingerprint density at radius 1 is 1.26 bits per heavy atom. The number of carbonyl (C=O) groups is 1. The molecule has 1 aliphatic rings. The van der Waals surface area contributed by atoms with Gasteiger partial charge in [0.2, 0.25) is 0 Å². The number of hydrogen-bond donors (Lipinski definition) is 3. The zero-order valence-electron chi connectivity index (χ0n) is 10.4. The van der Waals surface area contributed by atoms with Gasteiger partial charge in [-0.1, -0.05) is 36.4 Å². The summed E-state index contributed by atoms with van der Waals surface area (Å²) in [4.78, 5) is 10.9. The molecule has 0 radical (unpaired) electrons. The third kappa shape index (κ3) is 3.33. The van der Waals surface area contributed by atoms with Crippen LogP contribution >= 0.6 is 0 Å². The van der Waals surface area contributed by atoms with Crippen LogP contribution < -0.4 is 11.1 Å². The SMILES string of the molecule is N[C@@H](Cc1ccccc1C1=CC=CC=CN1)C(=O)O. The van der Waals surface area contributed by atoms with Gasteiger partial charge in [-0.15, -0.1) is 0 Å². The van der Waals surface area contributed by atoms with Crippen LogP contribution in [-0.4, -0.2) is 17.1 Å². The maximum Gasteiger partial charge on any atom is 0.320 e. The first-order valence-corrected chi connectivity index (χ1v) is 6.05. The molecule has 19 heavy (non-hydrogen) atoms. The van der Waals surface area contributed by atoms with Crippen LogP contribution in [0.2, 0.25) is 0 Å². The molecule has 4 N–H and O–H groups in total. The van der Waals surface area contributed by atoms with E-state index in [1.54, 1.807) is 0 Å². The van der Waals surface area contributed by atoms with E-state index in [0.717, 1.165) is 16.8 Å². The van der Waals surface area contributed by atoms with Gasteiger partial charge in [-0.25, -0.2) is 0 Å². The van der Waals surface area contributed by atoms with Gasteiger partial charge >= 0.3 is 5.97 Å². The van der Waals surface area contributed by atoms with E-state index in [2.05, 4.69) is 5.32 Å². The quantitative estimate of drug-likeness (QED) is 0.765. The molecule has 0 bridgehead atoms. The van der Waals surface area contributed by atoms with Crippen LogP contribution in [0, 0.1) is 0 Å². The molecule has 0 amide bonds. The van der Waals surface area contributed by atoms with Gasteiger partial charge in [0.1, 0.15) is 6.04 Å². The fraction of sp³-hybridized carbons (Fsp3) is 0.133. The minimum atomic E-state index is -0.989. The number of aliphatic carboxylic acids is 1. The van der Waals surface area contributed by atoms with E-state index in [4.69, 9.17) is 10.8 Å². The summed E-state index contributed by atoms with van der Waals surface area (Å²) in [5, 5.41) is 12.1. The molecule has 4 nitrogen and oxygen atoms in total. The van der Waals surface area contributed by atoms with Crippen LogP contribution in [0.15, 0.2) is 54.8 Å². The Labute approximate surface area is 111 Å². The molecular weight excluding hydrogens is 240 g/mol. The van der Waals surface area contributed by atoms with Gasteiger partial charge < -0.3 is 16.2 Å². The number of carboxylic acids is 1. The van der Waals surface area contributed by atoms with Gasteiger partial charge in [-0.05, 0) is 24.1 Å². The number of benzene rings is 1. The van der Waals surface area contributed by atoms with Crippen molar-refractivity contribution in [2.45, 2.75) is 12.5 Å². The Kier molecular flexibility index (Phi) is 4.15. The molecule has 2 rings (SSSR count). The van der Waals surface area contributed by atoms with E-state index in [0.29, 0.717) is 6.42 Å². The Balaban J connectivity index is 2.30. The van der Waals surface area contributed by atoms with E-state index in [1.165, 1.54) is 0 Å². The highest BCUT2D eigenvalue weighted by Gasteiger charge is 2.15. The molecule has 0 aromatic heterocycles. The normalized spacial score (nSPS) is 15.3. The zero-order valence-corrected chi connectivity index (χ0v) is 10.4. The van der Waals surface area contributed by atoms with Crippen molar-refractivity contribution in [3.05, 3.63) is 65.9 Å². The molecule has 0 fully saturated rings. The highest BCUT2D eigenvalue weighted by molar-refractivity contribution is 5.75. The standard InChI is InChI=1S/C15H16N2O2/c16-13(15(18)19)10-11-6-3-4-7-12(11)14-8-2-1-5-9-17-14/h1-9,13,17H,10,16H2,(H,18,19)/t13-/m0/s1. The lowest BCUT2D eigenvalue weighted by molar-refractivity contribution is -0.138. The highest BCUT2D eigenvalue weighted by Crippen LogP contribution is 2.19. The molecule has 1 heterocycles. The van der Waals surface area contributed by atoms with Crippen LogP contribution in [0.3, 0.4) is 0 Å². The molecule has 1 aromatic rings. The molecule has 4 heteroatoms. The minimum absolute atomic E-state index is 0.304. The van der Waals surface area contributed by atoms with Gasteiger partial charge in [0.05, 0.1) is 0 Å². The second kappa shape index (κ2) is 6.02. The molecule has 1 aromatic carbocycles. The number of nitrogens with one attached hydrogen (secondary N) is 1. The van der Waals surface area contributed by atoms with Crippen LogP contribution in [0.4, 0.5) is 0 Å². The second-order valence-electron chi connectivity index (χ2n) is 4.27. The fourth-order valence-electron chi connectivity index (χ4n) is 1.91. The molecular formula is C15H16N2O2. The molecule has 0 spiro atoms. The van der Waals surface area contributed by atoms with Gasteiger partial charge in [0.15, 0.2) is 0 Å². The van der Waals surface area contributed by atoms with Crippen LogP contribution in [0.1, 0.15) is 11.1 Å². The Morgan fingerprint density at radius 2 is 2.05 bits per heavy atom. The maximum absolute atomic E-state index is 10.9. The smallest absolute Gasteiger partial charge is 0.320 e. The van der Waals surface area contributed by atoms with Gasteiger partial charge in [0, 0.05) is 17.5 Å². The number of carboxylic acid groups (broad SMARTS) is 1. The van der Waals surface area contributed by atoms with E-state index >= 15 is 0 Å². The lowest BCUT2D eigenvalue weighted by atomic mass is 9.98. The maximum atomic E-state index is 10.9. The molecule has 1 atom stereocenters. The first-order chi connectivity index (χ1) is 9.18. The molecule has 98 valence electrons. The largest absolute Gasteiger partial charge is 0.480 e. The van der Waals surface area contributed by atoms with Crippen molar-refractivity contribution in [3.63, 3.8) is 0 Å². The lowest BCUT2D eigenvalue weighted by Crippen LogP contribution is -2.32. The number of hydrogen-bond acceptors (Lipinski definition) is 3. The van der Waals surface area contributed by atoms with Gasteiger partial charge in [-0.2, -0.15) is 0 Å². The van der Waals surface area contributed by atoms with Gasteiger partial charge in [0.25, 0.3) is 0 Å². The zero-order chi connectivity index (χ0) is 13.7. The monoisotopic (exact) mass is 256 g/mol. The van der Waals surface area contributed by atoms with Crippen molar-refractivity contribution in [1.29, 1.82) is 0 Å². The predicted octanol–water partition coefficient (Wildman–Crippen LogP) is 1.66. The molecule has 0 saturated heterocycles. The molecule has 0 unspecified atom stereocenters. The van der Waals surface area contributed by atoms with Crippen molar-refractivity contribution >= 4 is 11.7 Å². The Morgan fingerprint density at radius 3 is 2.84 bits per heavy atom. The number of nitrogens with two attached hydrogens (primary N) is 1. The summed E-state index contributed by atoms with van der Waals surface area (Å²) >= 11 is 0. The fourth-order valence-corrected chi connectivity index (χ4v) is 1.91. The third-order valence-electron chi connectivity index (χ3n) is 2.88. The van der Waals surface area contributed by atoms with E-state index in [-0.39, 0.29) is 0 Å². The minimum Gasteiger partial charge on any atom is -0.480 e. The van der Waals surface area contributed by atoms with Gasteiger partial charge in [-0.3, -0.25) is 4.79 Å². The summed E-state index contributed by atoms with van der Waals surface area (Å²) in [6, 6.07) is 6.77. The first-order valence-electron chi connectivity index (χ1n) is 6.05. The summed E-state index contributed by atoms with van der Waals surface area (Å²) in [5.74, 6) is -0.989. The highest BCUT2D eigenvalue weighted by atomic mass is 16.4. The first kappa shape index (κ1) is 13.1. The summed E-state index contributed by atoms with van der Waals surface area (Å²) in [6.07, 6.45) is 9.84. The average Bonchev–Trinajstić information content (AvgIpc) is 2.68. The Hall–Kier alpha value is -2.33. The number of allylic oxidation sites excluding steroid dienone is 4. The molecule has 0 saturated carbocycles. The van der Waals surface area contributed by atoms with Crippen molar-refractivity contribution in [1.82, 2.24) is 5.32 Å². The summed E-state index contributed by atoms with van der Waals surface area (Å²) in [5.41, 5.74) is 8.42. The van der Waals surface area contributed by atoms with Crippen molar-refractivity contribution < 1.29 is 9.90 Å². The van der Waals surface area contributed by atoms with Crippen molar-refractivity contribution in [2.24, 2.45) is 5.73 Å². The number of rotatable bonds is 4. The third-order valence-corrected chi connectivity index (χ3v) is 2.88. The lowest BCUT2D eigenvalue weighted by Gasteiger charge is -2.14. The van der Waals surface area contributed by atoms with Crippen molar-refractivity contribution in [3.8, 4) is 0 Å². The van der Waals surface area contributed by atoms with Crippen LogP contribution in [0.5, 0.6) is 0 Å². The van der Waals surface area contributed by atoms with Crippen molar-refractivity contribution in [2.75, 3.05) is 0 Å². The van der Waals surface area contributed by atoms with E-state index < -0.39 is 12.0 Å². The summed E-state index contributed by atoms with van der Waals surface area (Å²) < 4.78 is 0. The van der Waals surface area contributed by atoms with Crippen LogP contribution in [-0.2, 0) is 11.2 Å². The topological polar surface area (TPSA) is 75.3 Å². The molecule has 0 aliphatic carbocycles. The van der Waals surface area contributed by atoms with Crippen LogP contribution in [0.25, 0.3) is 5.70 Å². The predicted molar refractivity (Wildman–Crippen MR) is 75.1 cm³/mol. The van der Waals surface area contributed by atoms with E-state index in [9.17, 15) is 4.79 Å². The summed E-state index contributed by atoms with van der Waals surface area (Å²) in [7, 11) is 0. The summed E-state index contributed by atoms with van der Waals surface area (Å²) in [6.45, 7) is 0. The average molecular weight is 256 g/mol. The molecule has 1 aliphatic heterocycles.